The van der Waals surface area contributed by atoms with Gasteiger partial charge in [0.2, 0.25) is 0 Å². The molecular weight excluding hydrogens is 192 g/mol. The fourth-order valence-electron chi connectivity index (χ4n) is 1.31. The zero-order valence-corrected chi connectivity index (χ0v) is 9.45. The first kappa shape index (κ1) is 11.7. The van der Waals surface area contributed by atoms with Crippen LogP contribution in [0.4, 0.5) is 0 Å². The molecule has 0 aliphatic heterocycles. The molecule has 0 aliphatic carbocycles. The zero-order valence-electron chi connectivity index (χ0n) is 9.45. The Morgan fingerprint density at radius 1 is 1.60 bits per heavy atom. The van der Waals surface area contributed by atoms with Crippen molar-refractivity contribution in [3.05, 3.63) is 18.2 Å². The van der Waals surface area contributed by atoms with Gasteiger partial charge in [-0.1, -0.05) is 6.92 Å². The summed E-state index contributed by atoms with van der Waals surface area (Å²) >= 11 is 0. The van der Waals surface area contributed by atoms with Crippen LogP contribution in [0.5, 0.6) is 0 Å². The molecule has 1 amide bonds. The molecule has 5 heteroatoms. The molecule has 84 valence electrons. The number of amides is 1. The Kier molecular flexibility index (Phi) is 4.30. The highest BCUT2D eigenvalue weighted by Crippen LogP contribution is 1.95. The molecule has 1 heterocycles. The van der Waals surface area contributed by atoms with Crippen molar-refractivity contribution in [3.63, 3.8) is 0 Å². The molecular formula is C10H18N4O. The third kappa shape index (κ3) is 3.71. The van der Waals surface area contributed by atoms with Crippen molar-refractivity contribution >= 4 is 5.91 Å². The molecule has 0 radical (unpaired) electrons. The third-order valence-electron chi connectivity index (χ3n) is 2.10. The van der Waals surface area contributed by atoms with Gasteiger partial charge in [-0.3, -0.25) is 4.79 Å². The Balaban J connectivity index is 2.36. The van der Waals surface area contributed by atoms with Crippen LogP contribution in [0.1, 0.15) is 17.4 Å². The van der Waals surface area contributed by atoms with E-state index in [4.69, 9.17) is 0 Å². The second-order valence-corrected chi connectivity index (χ2v) is 3.80. The molecule has 0 aliphatic rings. The maximum absolute atomic E-state index is 11.6. The molecule has 0 bridgehead atoms. The van der Waals surface area contributed by atoms with Gasteiger partial charge >= 0.3 is 0 Å². The topological polar surface area (TPSA) is 58.9 Å². The highest BCUT2D eigenvalue weighted by Gasteiger charge is 2.09. The molecule has 0 spiro atoms. The van der Waals surface area contributed by atoms with Crippen molar-refractivity contribution in [3.8, 4) is 0 Å². The fourth-order valence-corrected chi connectivity index (χ4v) is 1.31. The first-order valence-electron chi connectivity index (χ1n) is 5.04. The smallest absolute Gasteiger partial charge is 0.271 e. The van der Waals surface area contributed by atoms with Crippen LogP contribution in [0, 0.1) is 5.92 Å². The molecule has 2 N–H and O–H groups in total. The van der Waals surface area contributed by atoms with Crippen molar-refractivity contribution in [1.29, 1.82) is 0 Å². The number of aryl methyl sites for hydroxylation is 1. The summed E-state index contributed by atoms with van der Waals surface area (Å²) < 4.78 is 1.76. The molecule has 0 saturated heterocycles. The number of hydrogen-bond donors (Lipinski definition) is 2. The van der Waals surface area contributed by atoms with Gasteiger partial charge in [0.1, 0.15) is 5.69 Å². The zero-order chi connectivity index (χ0) is 11.3. The number of nitrogens with one attached hydrogen (secondary N) is 2. The second-order valence-electron chi connectivity index (χ2n) is 3.80. The number of carbonyl (C=O) groups excluding carboxylic acids is 1. The van der Waals surface area contributed by atoms with Crippen LogP contribution in [-0.4, -0.2) is 35.6 Å². The maximum atomic E-state index is 11.6. The molecule has 15 heavy (non-hydrogen) atoms. The second kappa shape index (κ2) is 5.50. The molecule has 1 aromatic rings. The Morgan fingerprint density at radius 2 is 2.33 bits per heavy atom. The molecule has 1 unspecified atom stereocenters. The van der Waals surface area contributed by atoms with Crippen LogP contribution in [-0.2, 0) is 7.05 Å². The molecule has 1 aromatic heterocycles. The Bertz CT molecular complexity index is 321. The Labute approximate surface area is 89.9 Å². The summed E-state index contributed by atoms with van der Waals surface area (Å²) in [6, 6.07) is 0. The maximum Gasteiger partial charge on any atom is 0.271 e. The SMILES string of the molecule is CNCC(C)CNC(=O)c1cn(C)cn1. The van der Waals surface area contributed by atoms with Gasteiger partial charge in [0.15, 0.2) is 0 Å². The van der Waals surface area contributed by atoms with Gasteiger partial charge in [-0.15, -0.1) is 0 Å². The fraction of sp³-hybridized carbons (Fsp3) is 0.600. The van der Waals surface area contributed by atoms with E-state index in [0.29, 0.717) is 18.2 Å². The van der Waals surface area contributed by atoms with Gasteiger partial charge in [-0.25, -0.2) is 4.98 Å². The van der Waals surface area contributed by atoms with Gasteiger partial charge in [0, 0.05) is 19.8 Å². The number of imidazole rings is 1. The largest absolute Gasteiger partial charge is 0.350 e. The van der Waals surface area contributed by atoms with E-state index in [9.17, 15) is 4.79 Å². The minimum absolute atomic E-state index is 0.112. The molecule has 0 fully saturated rings. The van der Waals surface area contributed by atoms with Crippen LogP contribution >= 0.6 is 0 Å². The predicted octanol–water partition coefficient (Wildman–Crippen LogP) is 0.00540. The lowest BCUT2D eigenvalue weighted by atomic mass is 10.2. The van der Waals surface area contributed by atoms with Gasteiger partial charge in [0.05, 0.1) is 6.33 Å². The summed E-state index contributed by atoms with van der Waals surface area (Å²) in [5, 5.41) is 5.91. The van der Waals surface area contributed by atoms with E-state index in [1.807, 2.05) is 14.1 Å². The van der Waals surface area contributed by atoms with Gasteiger partial charge in [0.25, 0.3) is 5.91 Å². The molecule has 1 atom stereocenters. The van der Waals surface area contributed by atoms with E-state index in [0.717, 1.165) is 6.54 Å². The standard InChI is InChI=1S/C10H18N4O/c1-8(4-11-2)5-12-10(15)9-6-14(3)7-13-9/h6-8,11H,4-5H2,1-3H3,(H,12,15). The number of nitrogens with zero attached hydrogens (tertiary/aromatic N) is 2. The van der Waals surface area contributed by atoms with Gasteiger partial charge in [-0.2, -0.15) is 0 Å². The van der Waals surface area contributed by atoms with Crippen LogP contribution < -0.4 is 10.6 Å². The average molecular weight is 210 g/mol. The van der Waals surface area contributed by atoms with E-state index in [-0.39, 0.29) is 5.91 Å². The van der Waals surface area contributed by atoms with E-state index < -0.39 is 0 Å². The van der Waals surface area contributed by atoms with Crippen LogP contribution in [0.15, 0.2) is 12.5 Å². The molecule has 1 rings (SSSR count). The molecule has 0 saturated carbocycles. The van der Waals surface area contributed by atoms with E-state index in [1.54, 1.807) is 17.1 Å². The summed E-state index contributed by atoms with van der Waals surface area (Å²) in [6.07, 6.45) is 3.32. The van der Waals surface area contributed by atoms with Crippen molar-refractivity contribution in [1.82, 2.24) is 20.2 Å². The van der Waals surface area contributed by atoms with Crippen LogP contribution in [0.3, 0.4) is 0 Å². The van der Waals surface area contributed by atoms with E-state index in [2.05, 4.69) is 22.5 Å². The third-order valence-corrected chi connectivity index (χ3v) is 2.10. The van der Waals surface area contributed by atoms with Crippen LogP contribution in [0.25, 0.3) is 0 Å². The molecule has 5 nitrogen and oxygen atoms in total. The van der Waals surface area contributed by atoms with Crippen molar-refractivity contribution in [2.75, 3.05) is 20.1 Å². The summed E-state index contributed by atoms with van der Waals surface area (Å²) in [7, 11) is 3.74. The quantitative estimate of drug-likeness (QED) is 0.719. The minimum atomic E-state index is -0.112. The Morgan fingerprint density at radius 3 is 2.87 bits per heavy atom. The predicted molar refractivity (Wildman–Crippen MR) is 58.6 cm³/mol. The highest BCUT2D eigenvalue weighted by atomic mass is 16.1. The van der Waals surface area contributed by atoms with Gasteiger partial charge < -0.3 is 15.2 Å². The Hall–Kier alpha value is -1.36. The lowest BCUT2D eigenvalue weighted by Crippen LogP contribution is -2.32. The van der Waals surface area contributed by atoms with Crippen molar-refractivity contribution in [2.24, 2.45) is 13.0 Å². The molecule has 0 aromatic carbocycles. The first-order valence-corrected chi connectivity index (χ1v) is 5.04. The number of carbonyl (C=O) groups is 1. The average Bonchev–Trinajstić information content (AvgIpc) is 2.62. The van der Waals surface area contributed by atoms with Crippen molar-refractivity contribution in [2.45, 2.75) is 6.92 Å². The highest BCUT2D eigenvalue weighted by molar-refractivity contribution is 5.91. The minimum Gasteiger partial charge on any atom is -0.350 e. The summed E-state index contributed by atoms with van der Waals surface area (Å²) in [5.74, 6) is 0.307. The number of aromatic nitrogens is 2. The van der Waals surface area contributed by atoms with Crippen molar-refractivity contribution < 1.29 is 4.79 Å². The van der Waals surface area contributed by atoms with Gasteiger partial charge in [-0.05, 0) is 19.5 Å². The number of rotatable bonds is 5. The number of hydrogen-bond acceptors (Lipinski definition) is 3. The van der Waals surface area contributed by atoms with Crippen LogP contribution in [0.2, 0.25) is 0 Å². The summed E-state index contributed by atoms with van der Waals surface area (Å²) in [6.45, 7) is 3.63. The summed E-state index contributed by atoms with van der Waals surface area (Å²) in [5.41, 5.74) is 0.467. The monoisotopic (exact) mass is 210 g/mol. The normalized spacial score (nSPS) is 12.5. The first-order chi connectivity index (χ1) is 7.13. The lowest BCUT2D eigenvalue weighted by molar-refractivity contribution is 0.0943. The van der Waals surface area contributed by atoms with E-state index in [1.165, 1.54) is 0 Å². The summed E-state index contributed by atoms with van der Waals surface area (Å²) in [4.78, 5) is 15.5. The van der Waals surface area contributed by atoms with E-state index >= 15 is 0 Å². The lowest BCUT2D eigenvalue weighted by Gasteiger charge is -2.10.